The van der Waals surface area contributed by atoms with Crippen molar-refractivity contribution >= 4 is 38.8 Å². The third-order valence-corrected chi connectivity index (χ3v) is 4.01. The molecule has 0 radical (unpaired) electrons. The van der Waals surface area contributed by atoms with Crippen LogP contribution in [0.15, 0.2) is 29.6 Å². The fourth-order valence-electron chi connectivity index (χ4n) is 2.00. The number of nitro benzene ring substituents is 1. The molecule has 0 unspecified atom stereocenters. The van der Waals surface area contributed by atoms with Crippen LogP contribution in [0.1, 0.15) is 5.82 Å². The van der Waals surface area contributed by atoms with Crippen LogP contribution >= 0.6 is 22.9 Å². The van der Waals surface area contributed by atoms with E-state index >= 15 is 0 Å². The van der Waals surface area contributed by atoms with Crippen molar-refractivity contribution in [3.8, 4) is 11.1 Å². The molecule has 2 aromatic heterocycles. The van der Waals surface area contributed by atoms with Gasteiger partial charge in [-0.3, -0.25) is 10.1 Å². The number of nitrogens with zero attached hydrogens (tertiary/aromatic N) is 3. The maximum atomic E-state index is 10.9. The molecule has 0 fully saturated rings. The lowest BCUT2D eigenvalue weighted by molar-refractivity contribution is -0.384. The van der Waals surface area contributed by atoms with Gasteiger partial charge in [-0.25, -0.2) is 9.97 Å². The van der Waals surface area contributed by atoms with E-state index in [1.54, 1.807) is 13.0 Å². The highest BCUT2D eigenvalue weighted by Crippen LogP contribution is 2.37. The van der Waals surface area contributed by atoms with E-state index in [-0.39, 0.29) is 5.69 Å². The lowest BCUT2D eigenvalue weighted by Crippen LogP contribution is -1.89. The molecule has 0 aliphatic rings. The highest BCUT2D eigenvalue weighted by Gasteiger charge is 2.15. The number of aromatic nitrogens is 2. The molecule has 0 aliphatic heterocycles. The Morgan fingerprint density at radius 2 is 2.15 bits per heavy atom. The lowest BCUT2D eigenvalue weighted by atomic mass is 10.1. The molecule has 0 N–H and O–H groups in total. The molecule has 0 aliphatic carbocycles. The van der Waals surface area contributed by atoms with Crippen LogP contribution in [0.3, 0.4) is 0 Å². The van der Waals surface area contributed by atoms with Crippen LogP contribution in [0.2, 0.25) is 5.15 Å². The van der Waals surface area contributed by atoms with Crippen molar-refractivity contribution in [2.45, 2.75) is 6.92 Å². The Bertz CT molecular complexity index is 832. The van der Waals surface area contributed by atoms with Crippen molar-refractivity contribution in [3.63, 3.8) is 0 Å². The van der Waals surface area contributed by atoms with Gasteiger partial charge in [-0.1, -0.05) is 23.7 Å². The Balaban J connectivity index is 2.25. The maximum Gasteiger partial charge on any atom is 0.270 e. The van der Waals surface area contributed by atoms with E-state index in [4.69, 9.17) is 11.6 Å². The molecule has 2 heterocycles. The van der Waals surface area contributed by atoms with Crippen molar-refractivity contribution in [1.29, 1.82) is 0 Å². The van der Waals surface area contributed by atoms with E-state index in [0.29, 0.717) is 11.0 Å². The van der Waals surface area contributed by atoms with Gasteiger partial charge in [-0.2, -0.15) is 0 Å². The van der Waals surface area contributed by atoms with Gasteiger partial charge >= 0.3 is 0 Å². The summed E-state index contributed by atoms with van der Waals surface area (Å²) < 4.78 is 0. The molecule has 100 valence electrons. The molecule has 0 saturated heterocycles. The number of hydrogen-bond donors (Lipinski definition) is 0. The van der Waals surface area contributed by atoms with Gasteiger partial charge in [0.2, 0.25) is 0 Å². The lowest BCUT2D eigenvalue weighted by Gasteiger charge is -2.02. The average molecular weight is 306 g/mol. The molecule has 0 amide bonds. The predicted molar refractivity (Wildman–Crippen MR) is 79.3 cm³/mol. The highest BCUT2D eigenvalue weighted by atomic mass is 35.5. The predicted octanol–water partition coefficient (Wildman–Crippen LogP) is 4.23. The molecule has 0 spiro atoms. The molecular formula is C13H8ClN3O2S. The topological polar surface area (TPSA) is 68.9 Å². The zero-order valence-electron chi connectivity index (χ0n) is 10.3. The molecule has 7 heteroatoms. The second-order valence-corrected chi connectivity index (χ2v) is 5.41. The molecule has 3 rings (SSSR count). The minimum absolute atomic E-state index is 0.0472. The summed E-state index contributed by atoms with van der Waals surface area (Å²) in [7, 11) is 0. The Kier molecular flexibility index (Phi) is 3.11. The van der Waals surface area contributed by atoms with E-state index in [1.165, 1.54) is 23.5 Å². The van der Waals surface area contributed by atoms with Gasteiger partial charge in [0.1, 0.15) is 15.8 Å². The number of halogens is 1. The molecule has 3 aromatic rings. The first-order valence-corrected chi connectivity index (χ1v) is 6.98. The summed E-state index contributed by atoms with van der Waals surface area (Å²) in [6, 6.07) is 6.45. The van der Waals surface area contributed by atoms with Gasteiger partial charge in [-0.15, -0.1) is 11.3 Å². The van der Waals surface area contributed by atoms with Gasteiger partial charge in [0.15, 0.2) is 0 Å². The van der Waals surface area contributed by atoms with Gasteiger partial charge in [0.05, 0.1) is 10.3 Å². The number of thiophene rings is 1. The summed E-state index contributed by atoms with van der Waals surface area (Å²) in [6.07, 6.45) is 0. The minimum atomic E-state index is -0.416. The fourth-order valence-corrected chi connectivity index (χ4v) is 3.36. The van der Waals surface area contributed by atoms with Gasteiger partial charge in [-0.05, 0) is 12.5 Å². The summed E-state index contributed by atoms with van der Waals surface area (Å²) in [4.78, 5) is 19.7. The van der Waals surface area contributed by atoms with Crippen molar-refractivity contribution in [2.24, 2.45) is 0 Å². The summed E-state index contributed by atoms with van der Waals surface area (Å²) in [5.41, 5.74) is 1.60. The fraction of sp³-hybridized carbons (Fsp3) is 0.0769. The minimum Gasteiger partial charge on any atom is -0.258 e. The van der Waals surface area contributed by atoms with E-state index in [9.17, 15) is 10.1 Å². The van der Waals surface area contributed by atoms with Crippen LogP contribution in [0.4, 0.5) is 5.69 Å². The first-order valence-electron chi connectivity index (χ1n) is 5.72. The van der Waals surface area contributed by atoms with Crippen LogP contribution in [0.5, 0.6) is 0 Å². The van der Waals surface area contributed by atoms with Crippen LogP contribution in [-0.4, -0.2) is 14.9 Å². The van der Waals surface area contributed by atoms with Crippen LogP contribution < -0.4 is 0 Å². The number of non-ortho nitro benzene ring substituents is 1. The first kappa shape index (κ1) is 13.0. The second-order valence-electron chi connectivity index (χ2n) is 4.20. The zero-order chi connectivity index (χ0) is 14.3. The summed E-state index contributed by atoms with van der Waals surface area (Å²) >= 11 is 7.63. The highest BCUT2D eigenvalue weighted by molar-refractivity contribution is 7.17. The van der Waals surface area contributed by atoms with Gasteiger partial charge in [0, 0.05) is 23.1 Å². The van der Waals surface area contributed by atoms with Crippen molar-refractivity contribution in [1.82, 2.24) is 9.97 Å². The number of hydrogen-bond acceptors (Lipinski definition) is 5. The molecule has 5 nitrogen and oxygen atoms in total. The SMILES string of the molecule is Cc1nc(Cl)c2c(-c3cccc([N+](=O)[O-])c3)csc2n1. The molecule has 0 atom stereocenters. The maximum absolute atomic E-state index is 10.9. The van der Waals surface area contributed by atoms with E-state index in [2.05, 4.69) is 9.97 Å². The number of benzene rings is 1. The van der Waals surface area contributed by atoms with E-state index in [0.717, 1.165) is 21.3 Å². The zero-order valence-corrected chi connectivity index (χ0v) is 11.9. The van der Waals surface area contributed by atoms with E-state index in [1.807, 2.05) is 11.4 Å². The van der Waals surface area contributed by atoms with Gasteiger partial charge < -0.3 is 0 Å². The monoisotopic (exact) mass is 305 g/mol. The number of aryl methyl sites for hydroxylation is 1. The van der Waals surface area contributed by atoms with Crippen molar-refractivity contribution < 1.29 is 4.92 Å². The Hall–Kier alpha value is -2.05. The largest absolute Gasteiger partial charge is 0.270 e. The van der Waals surface area contributed by atoms with Gasteiger partial charge in [0.25, 0.3) is 5.69 Å². The Morgan fingerprint density at radius 3 is 2.90 bits per heavy atom. The van der Waals surface area contributed by atoms with Crippen LogP contribution in [0.25, 0.3) is 21.3 Å². The summed E-state index contributed by atoms with van der Waals surface area (Å²) in [6.45, 7) is 1.78. The number of fused-ring (bicyclic) bond motifs is 1. The molecule has 1 aromatic carbocycles. The normalized spacial score (nSPS) is 10.9. The summed E-state index contributed by atoms with van der Waals surface area (Å²) in [5.74, 6) is 0.606. The Morgan fingerprint density at radius 1 is 1.35 bits per heavy atom. The second kappa shape index (κ2) is 4.81. The van der Waals surface area contributed by atoms with Crippen molar-refractivity contribution in [2.75, 3.05) is 0 Å². The third-order valence-electron chi connectivity index (χ3n) is 2.87. The average Bonchev–Trinajstić information content (AvgIpc) is 2.82. The number of rotatable bonds is 2. The smallest absolute Gasteiger partial charge is 0.258 e. The number of nitro groups is 1. The van der Waals surface area contributed by atoms with Crippen molar-refractivity contribution in [3.05, 3.63) is 50.7 Å². The molecule has 20 heavy (non-hydrogen) atoms. The van der Waals surface area contributed by atoms with Crippen LogP contribution in [0, 0.1) is 17.0 Å². The van der Waals surface area contributed by atoms with E-state index < -0.39 is 4.92 Å². The first-order chi connectivity index (χ1) is 9.56. The summed E-state index contributed by atoms with van der Waals surface area (Å²) in [5, 5.41) is 13.9. The third kappa shape index (κ3) is 2.13. The molecule has 0 bridgehead atoms. The molecule has 0 saturated carbocycles. The quantitative estimate of drug-likeness (QED) is 0.403. The van der Waals surface area contributed by atoms with Crippen LogP contribution in [-0.2, 0) is 0 Å². The molecular weight excluding hydrogens is 298 g/mol. The Labute approximate surface area is 123 Å². The standard InChI is InChI=1S/C13H8ClN3O2S/c1-7-15-12(14)11-10(6-20-13(11)16-7)8-3-2-4-9(5-8)17(18)19/h2-6H,1H3.